The molecule has 1 atom stereocenters. The average molecular weight is 234 g/mol. The Bertz CT molecular complexity index is 376. The lowest BCUT2D eigenvalue weighted by molar-refractivity contribution is 0.244. The number of ether oxygens (including phenoxy) is 1. The van der Waals surface area contributed by atoms with Crippen LogP contribution >= 0.6 is 0 Å². The molecule has 0 radical (unpaired) electrons. The largest absolute Gasteiger partial charge is 0.489 e. The lowest BCUT2D eigenvalue weighted by Crippen LogP contribution is -2.17. The summed E-state index contributed by atoms with van der Waals surface area (Å²) in [5.74, 6) is 1.62. The van der Waals surface area contributed by atoms with Crippen LogP contribution in [0.2, 0.25) is 0 Å². The van der Waals surface area contributed by atoms with Crippen molar-refractivity contribution >= 4 is 11.4 Å². The van der Waals surface area contributed by atoms with Crippen LogP contribution in [0, 0.1) is 5.92 Å². The lowest BCUT2D eigenvalue weighted by atomic mass is 10.1. The minimum absolute atomic E-state index is 0.202. The van der Waals surface area contributed by atoms with Gasteiger partial charge in [-0.25, -0.2) is 0 Å². The van der Waals surface area contributed by atoms with Crippen LogP contribution in [0.15, 0.2) is 18.2 Å². The highest BCUT2D eigenvalue weighted by Gasteiger charge is 2.17. The average Bonchev–Trinajstić information content (AvgIpc) is 2.51. The molecule has 2 rings (SSSR count). The lowest BCUT2D eigenvalue weighted by Gasteiger charge is -2.16. The molecule has 2 N–H and O–H groups in total. The number of fused-ring (bicyclic) bond motifs is 1. The topological polar surface area (TPSA) is 33.3 Å². The Morgan fingerprint density at radius 3 is 2.76 bits per heavy atom. The summed E-state index contributed by atoms with van der Waals surface area (Å²) in [6.07, 6.45) is 1.39. The summed E-state index contributed by atoms with van der Waals surface area (Å²) < 4.78 is 5.83. The second-order valence-corrected chi connectivity index (χ2v) is 4.88. The monoisotopic (exact) mass is 234 g/mol. The highest BCUT2D eigenvalue weighted by atomic mass is 16.5. The maximum atomic E-state index is 5.83. The third-order valence-corrected chi connectivity index (χ3v) is 3.11. The van der Waals surface area contributed by atoms with Crippen molar-refractivity contribution in [1.29, 1.82) is 0 Å². The van der Waals surface area contributed by atoms with Gasteiger partial charge >= 0.3 is 0 Å². The van der Waals surface area contributed by atoms with Crippen molar-refractivity contribution in [1.82, 2.24) is 0 Å². The summed E-state index contributed by atoms with van der Waals surface area (Å²) in [7, 11) is 0. The summed E-state index contributed by atoms with van der Waals surface area (Å²) in [4.78, 5) is 0. The first-order valence-corrected chi connectivity index (χ1v) is 6.48. The van der Waals surface area contributed by atoms with Gasteiger partial charge in [-0.1, -0.05) is 13.0 Å². The Morgan fingerprint density at radius 2 is 2.06 bits per heavy atom. The van der Waals surface area contributed by atoms with Crippen LogP contribution in [0.3, 0.4) is 0 Å². The second kappa shape index (κ2) is 5.30. The first-order chi connectivity index (χ1) is 8.20. The molecule has 1 aliphatic heterocycles. The van der Waals surface area contributed by atoms with Gasteiger partial charge in [0.2, 0.25) is 0 Å². The van der Waals surface area contributed by atoms with E-state index in [9.17, 15) is 0 Å². The third kappa shape index (κ3) is 2.84. The van der Waals surface area contributed by atoms with Crippen molar-refractivity contribution in [3.8, 4) is 5.75 Å². The molecule has 0 aromatic heterocycles. The molecule has 0 amide bonds. The van der Waals surface area contributed by atoms with Crippen LogP contribution in [0.1, 0.15) is 27.2 Å². The minimum Gasteiger partial charge on any atom is -0.489 e. The number of nitrogens with one attached hydrogen (secondary N) is 2. The molecular formula is C14H22N2O. The third-order valence-electron chi connectivity index (χ3n) is 3.11. The van der Waals surface area contributed by atoms with Crippen LogP contribution in [0.5, 0.6) is 5.75 Å². The Hall–Kier alpha value is -1.38. The zero-order chi connectivity index (χ0) is 12.3. The SMILES string of the molecule is CCC1CNc2cccc(OC(C)C)c2NC1. The van der Waals surface area contributed by atoms with Crippen molar-refractivity contribution in [3.63, 3.8) is 0 Å². The van der Waals surface area contributed by atoms with E-state index in [1.54, 1.807) is 0 Å². The number of para-hydroxylation sites is 1. The predicted molar refractivity (Wildman–Crippen MR) is 73.0 cm³/mol. The fourth-order valence-corrected chi connectivity index (χ4v) is 2.07. The first kappa shape index (κ1) is 12.1. The van der Waals surface area contributed by atoms with Crippen LogP contribution in [0.25, 0.3) is 0 Å². The van der Waals surface area contributed by atoms with Gasteiger partial charge < -0.3 is 15.4 Å². The molecule has 1 unspecified atom stereocenters. The summed E-state index contributed by atoms with van der Waals surface area (Å²) in [5, 5.41) is 7.01. The van der Waals surface area contributed by atoms with Crippen LogP contribution in [-0.2, 0) is 0 Å². The van der Waals surface area contributed by atoms with Gasteiger partial charge in [0.15, 0.2) is 0 Å². The number of hydrogen-bond donors (Lipinski definition) is 2. The Morgan fingerprint density at radius 1 is 1.29 bits per heavy atom. The fraction of sp³-hybridized carbons (Fsp3) is 0.571. The van der Waals surface area contributed by atoms with E-state index in [0.717, 1.165) is 30.2 Å². The second-order valence-electron chi connectivity index (χ2n) is 4.88. The quantitative estimate of drug-likeness (QED) is 0.841. The van der Waals surface area contributed by atoms with Gasteiger partial charge in [-0.2, -0.15) is 0 Å². The number of benzene rings is 1. The van der Waals surface area contributed by atoms with Gasteiger partial charge in [0, 0.05) is 13.1 Å². The van der Waals surface area contributed by atoms with Crippen molar-refractivity contribution in [2.45, 2.75) is 33.3 Å². The van der Waals surface area contributed by atoms with E-state index in [1.165, 1.54) is 6.42 Å². The van der Waals surface area contributed by atoms with E-state index in [4.69, 9.17) is 4.74 Å². The molecule has 1 aliphatic rings. The standard InChI is InChI=1S/C14H22N2O/c1-4-11-8-15-12-6-5-7-13(17-10(2)3)14(12)16-9-11/h5-7,10-11,15-16H,4,8-9H2,1-3H3. The molecule has 0 saturated carbocycles. The van der Waals surface area contributed by atoms with Crippen LogP contribution < -0.4 is 15.4 Å². The zero-order valence-corrected chi connectivity index (χ0v) is 10.9. The van der Waals surface area contributed by atoms with Crippen molar-refractivity contribution < 1.29 is 4.74 Å². The highest BCUT2D eigenvalue weighted by molar-refractivity contribution is 5.76. The Kier molecular flexibility index (Phi) is 3.77. The molecule has 17 heavy (non-hydrogen) atoms. The van der Waals surface area contributed by atoms with Gasteiger partial charge in [-0.3, -0.25) is 0 Å². The highest BCUT2D eigenvalue weighted by Crippen LogP contribution is 2.35. The van der Waals surface area contributed by atoms with E-state index in [0.29, 0.717) is 5.92 Å². The summed E-state index contributed by atoms with van der Waals surface area (Å²) in [6.45, 7) is 8.38. The van der Waals surface area contributed by atoms with Gasteiger partial charge in [0.25, 0.3) is 0 Å². The summed E-state index contributed by atoms with van der Waals surface area (Å²) in [5.41, 5.74) is 2.26. The number of hydrogen-bond acceptors (Lipinski definition) is 3. The van der Waals surface area contributed by atoms with E-state index >= 15 is 0 Å². The van der Waals surface area contributed by atoms with E-state index < -0.39 is 0 Å². The van der Waals surface area contributed by atoms with Gasteiger partial charge in [-0.15, -0.1) is 0 Å². The molecule has 0 spiro atoms. The molecule has 1 aromatic rings. The smallest absolute Gasteiger partial charge is 0.144 e. The van der Waals surface area contributed by atoms with Gasteiger partial charge in [0.1, 0.15) is 11.4 Å². The van der Waals surface area contributed by atoms with Gasteiger partial charge in [0.05, 0.1) is 11.8 Å². The van der Waals surface area contributed by atoms with Crippen molar-refractivity contribution in [2.75, 3.05) is 23.7 Å². The van der Waals surface area contributed by atoms with Crippen molar-refractivity contribution in [3.05, 3.63) is 18.2 Å². The number of anilines is 2. The molecule has 3 heteroatoms. The van der Waals surface area contributed by atoms with Gasteiger partial charge in [-0.05, 0) is 38.3 Å². The fourth-order valence-electron chi connectivity index (χ4n) is 2.07. The van der Waals surface area contributed by atoms with Crippen molar-refractivity contribution in [2.24, 2.45) is 5.92 Å². The molecule has 1 heterocycles. The summed E-state index contributed by atoms with van der Waals surface area (Å²) >= 11 is 0. The minimum atomic E-state index is 0.202. The van der Waals surface area contributed by atoms with Crippen LogP contribution in [0.4, 0.5) is 11.4 Å². The molecule has 0 bridgehead atoms. The molecule has 0 saturated heterocycles. The van der Waals surface area contributed by atoms with Crippen LogP contribution in [-0.4, -0.2) is 19.2 Å². The van der Waals surface area contributed by atoms with E-state index in [2.05, 4.69) is 37.5 Å². The normalized spacial score (nSPS) is 18.9. The maximum Gasteiger partial charge on any atom is 0.144 e. The molecule has 0 fully saturated rings. The zero-order valence-electron chi connectivity index (χ0n) is 10.9. The Labute approximate surface area is 104 Å². The van der Waals surface area contributed by atoms with E-state index in [1.807, 2.05) is 12.1 Å². The first-order valence-electron chi connectivity index (χ1n) is 6.48. The molecule has 3 nitrogen and oxygen atoms in total. The molecule has 1 aromatic carbocycles. The number of rotatable bonds is 3. The maximum absolute atomic E-state index is 5.83. The predicted octanol–water partition coefficient (Wildman–Crippen LogP) is 3.34. The summed E-state index contributed by atoms with van der Waals surface area (Å²) in [6, 6.07) is 6.17. The molecular weight excluding hydrogens is 212 g/mol. The van der Waals surface area contributed by atoms with E-state index in [-0.39, 0.29) is 6.10 Å². The Balaban J connectivity index is 2.23. The molecule has 0 aliphatic carbocycles. The molecule has 94 valence electrons.